The summed E-state index contributed by atoms with van der Waals surface area (Å²) < 4.78 is 4.78. The Labute approximate surface area is 113 Å². The van der Waals surface area contributed by atoms with E-state index in [4.69, 9.17) is 10.00 Å². The molecule has 0 amide bonds. The van der Waals surface area contributed by atoms with Crippen molar-refractivity contribution in [1.29, 1.82) is 5.26 Å². The molecule has 1 aromatic heterocycles. The van der Waals surface area contributed by atoms with Crippen molar-refractivity contribution in [2.45, 2.75) is 32.9 Å². The molecule has 0 spiro atoms. The smallest absolute Gasteiger partial charge is 0.322 e. The zero-order chi connectivity index (χ0) is 14.3. The Morgan fingerprint density at radius 1 is 1.58 bits per heavy atom. The molecule has 1 heterocycles. The number of rotatable bonds is 6. The monoisotopic (exact) mass is 261 g/mol. The van der Waals surface area contributed by atoms with Crippen LogP contribution in [0.25, 0.3) is 0 Å². The van der Waals surface area contributed by atoms with Crippen molar-refractivity contribution < 1.29 is 9.53 Å². The fourth-order valence-electron chi connectivity index (χ4n) is 1.76. The van der Waals surface area contributed by atoms with Crippen molar-refractivity contribution in [2.75, 3.05) is 7.11 Å². The number of nitrogens with zero attached hydrogens (tertiary/aromatic N) is 2. The highest BCUT2D eigenvalue weighted by Crippen LogP contribution is 2.08. The maximum absolute atomic E-state index is 11.6. The van der Waals surface area contributed by atoms with Gasteiger partial charge in [0.15, 0.2) is 0 Å². The Morgan fingerprint density at radius 3 is 2.89 bits per heavy atom. The molecule has 0 aliphatic carbocycles. The van der Waals surface area contributed by atoms with Crippen molar-refractivity contribution >= 4 is 5.97 Å². The van der Waals surface area contributed by atoms with Gasteiger partial charge in [-0.2, -0.15) is 5.26 Å². The lowest BCUT2D eigenvalue weighted by atomic mass is 10.0. The highest BCUT2D eigenvalue weighted by Gasteiger charge is 2.19. The molecule has 1 N–H and O–H groups in total. The average Bonchev–Trinajstić information content (AvgIpc) is 2.42. The number of methoxy groups -OCH3 is 1. The molecule has 1 atom stereocenters. The highest BCUT2D eigenvalue weighted by atomic mass is 16.5. The Hall–Kier alpha value is -1.93. The van der Waals surface area contributed by atoms with Crippen LogP contribution >= 0.6 is 0 Å². The number of nitriles is 1. The van der Waals surface area contributed by atoms with Gasteiger partial charge in [-0.3, -0.25) is 4.79 Å². The fraction of sp³-hybridized carbons (Fsp3) is 0.500. The molecule has 1 unspecified atom stereocenters. The Bertz CT molecular complexity index is 466. The summed E-state index contributed by atoms with van der Waals surface area (Å²) in [6, 6.07) is 5.18. The van der Waals surface area contributed by atoms with Crippen LogP contribution < -0.4 is 5.32 Å². The summed E-state index contributed by atoms with van der Waals surface area (Å²) in [4.78, 5) is 15.5. The molecule has 0 aliphatic rings. The van der Waals surface area contributed by atoms with E-state index in [0.717, 1.165) is 5.56 Å². The molecule has 102 valence electrons. The molecule has 0 bridgehead atoms. The van der Waals surface area contributed by atoms with Gasteiger partial charge in [0.1, 0.15) is 17.8 Å². The number of ether oxygens (including phenoxy) is 1. The van der Waals surface area contributed by atoms with E-state index >= 15 is 0 Å². The number of carbonyl (C=O) groups is 1. The lowest BCUT2D eigenvalue weighted by Gasteiger charge is -2.18. The number of pyridine rings is 1. The van der Waals surface area contributed by atoms with Crippen LogP contribution in [0, 0.1) is 17.2 Å². The predicted molar refractivity (Wildman–Crippen MR) is 71.1 cm³/mol. The third-order valence-electron chi connectivity index (χ3n) is 2.68. The lowest BCUT2D eigenvalue weighted by Crippen LogP contribution is -2.38. The first-order valence-electron chi connectivity index (χ1n) is 6.23. The summed E-state index contributed by atoms with van der Waals surface area (Å²) in [5.74, 6) is 0.131. The molecule has 0 fully saturated rings. The molecule has 0 saturated heterocycles. The number of carbonyl (C=O) groups excluding carboxylic acids is 1. The number of hydrogen-bond acceptors (Lipinski definition) is 5. The van der Waals surface area contributed by atoms with Crippen LogP contribution in [-0.4, -0.2) is 24.1 Å². The van der Waals surface area contributed by atoms with Gasteiger partial charge in [-0.15, -0.1) is 0 Å². The van der Waals surface area contributed by atoms with E-state index in [-0.39, 0.29) is 12.0 Å². The van der Waals surface area contributed by atoms with Gasteiger partial charge in [0.25, 0.3) is 0 Å². The number of esters is 1. The number of hydrogen-bond donors (Lipinski definition) is 1. The Balaban J connectivity index is 2.65. The molecular formula is C14H19N3O2. The summed E-state index contributed by atoms with van der Waals surface area (Å²) in [6.07, 6.45) is 2.30. The van der Waals surface area contributed by atoms with Crippen LogP contribution in [0.3, 0.4) is 0 Å². The lowest BCUT2D eigenvalue weighted by molar-refractivity contribution is -0.143. The van der Waals surface area contributed by atoms with Gasteiger partial charge >= 0.3 is 5.97 Å². The van der Waals surface area contributed by atoms with Crippen LogP contribution in [0.15, 0.2) is 18.3 Å². The Morgan fingerprint density at radius 2 is 2.32 bits per heavy atom. The third-order valence-corrected chi connectivity index (χ3v) is 2.68. The number of aromatic nitrogens is 1. The second kappa shape index (κ2) is 7.49. The van der Waals surface area contributed by atoms with E-state index in [1.807, 2.05) is 12.1 Å². The fourth-order valence-corrected chi connectivity index (χ4v) is 1.76. The van der Waals surface area contributed by atoms with Gasteiger partial charge in [-0.05, 0) is 30.0 Å². The van der Waals surface area contributed by atoms with Crippen molar-refractivity contribution in [3.63, 3.8) is 0 Å². The molecule has 0 aliphatic heterocycles. The van der Waals surface area contributed by atoms with Crippen LogP contribution in [0.4, 0.5) is 0 Å². The maximum Gasteiger partial charge on any atom is 0.322 e. The quantitative estimate of drug-likeness (QED) is 0.788. The van der Waals surface area contributed by atoms with Crippen LogP contribution in [0.5, 0.6) is 0 Å². The van der Waals surface area contributed by atoms with Crippen molar-refractivity contribution in [3.8, 4) is 6.07 Å². The van der Waals surface area contributed by atoms with Crippen molar-refractivity contribution in [2.24, 2.45) is 5.92 Å². The van der Waals surface area contributed by atoms with Gasteiger partial charge in [-0.1, -0.05) is 13.8 Å². The molecule has 0 radical (unpaired) electrons. The van der Waals surface area contributed by atoms with E-state index in [0.29, 0.717) is 24.6 Å². The van der Waals surface area contributed by atoms with Crippen molar-refractivity contribution in [3.05, 3.63) is 29.6 Å². The summed E-state index contributed by atoms with van der Waals surface area (Å²) in [6.45, 7) is 4.61. The van der Waals surface area contributed by atoms with Crippen LogP contribution in [0.2, 0.25) is 0 Å². The normalized spacial score (nSPS) is 11.9. The zero-order valence-corrected chi connectivity index (χ0v) is 11.5. The molecule has 19 heavy (non-hydrogen) atoms. The average molecular weight is 261 g/mol. The summed E-state index contributed by atoms with van der Waals surface area (Å²) >= 11 is 0. The minimum Gasteiger partial charge on any atom is -0.468 e. The van der Waals surface area contributed by atoms with Gasteiger partial charge in [0, 0.05) is 12.7 Å². The third kappa shape index (κ3) is 5.06. The minimum absolute atomic E-state index is 0.261. The molecule has 5 nitrogen and oxygen atoms in total. The Kier molecular flexibility index (Phi) is 5.97. The topological polar surface area (TPSA) is 75.0 Å². The van der Waals surface area contributed by atoms with E-state index in [2.05, 4.69) is 24.1 Å². The summed E-state index contributed by atoms with van der Waals surface area (Å²) in [5, 5.41) is 11.9. The summed E-state index contributed by atoms with van der Waals surface area (Å²) in [7, 11) is 1.39. The first kappa shape index (κ1) is 15.1. The standard InChI is InChI=1S/C14H19N3O2/c1-10(2)6-13(14(18)19-3)17-9-11-4-5-16-12(7-11)8-15/h4-5,7,10,13,17H,6,9H2,1-3H3. The van der Waals surface area contributed by atoms with E-state index < -0.39 is 0 Å². The van der Waals surface area contributed by atoms with E-state index in [1.54, 1.807) is 12.3 Å². The van der Waals surface area contributed by atoms with Gasteiger partial charge in [-0.25, -0.2) is 4.98 Å². The second-order valence-corrected chi connectivity index (χ2v) is 4.75. The predicted octanol–water partition coefficient (Wildman–Crippen LogP) is 1.63. The van der Waals surface area contributed by atoms with Gasteiger partial charge in [0.2, 0.25) is 0 Å². The van der Waals surface area contributed by atoms with Gasteiger partial charge < -0.3 is 10.1 Å². The van der Waals surface area contributed by atoms with Crippen molar-refractivity contribution in [1.82, 2.24) is 10.3 Å². The molecule has 0 aromatic carbocycles. The first-order chi connectivity index (χ1) is 9.06. The molecule has 1 rings (SSSR count). The maximum atomic E-state index is 11.6. The molecule has 1 aromatic rings. The largest absolute Gasteiger partial charge is 0.468 e. The molecule has 5 heteroatoms. The minimum atomic E-state index is -0.330. The van der Waals surface area contributed by atoms with Gasteiger partial charge in [0.05, 0.1) is 7.11 Å². The zero-order valence-electron chi connectivity index (χ0n) is 11.5. The van der Waals surface area contributed by atoms with E-state index in [1.165, 1.54) is 7.11 Å². The highest BCUT2D eigenvalue weighted by molar-refractivity contribution is 5.75. The second-order valence-electron chi connectivity index (χ2n) is 4.75. The summed E-state index contributed by atoms with van der Waals surface area (Å²) in [5.41, 5.74) is 1.29. The van der Waals surface area contributed by atoms with E-state index in [9.17, 15) is 4.79 Å². The molecular weight excluding hydrogens is 242 g/mol. The SMILES string of the molecule is COC(=O)C(CC(C)C)NCc1ccnc(C#N)c1. The molecule has 0 saturated carbocycles. The van der Waals surface area contributed by atoms with Crippen LogP contribution in [0.1, 0.15) is 31.5 Å². The first-order valence-corrected chi connectivity index (χ1v) is 6.23. The van der Waals surface area contributed by atoms with Crippen LogP contribution in [-0.2, 0) is 16.1 Å². The number of nitrogens with one attached hydrogen (secondary N) is 1.